The highest BCUT2D eigenvalue weighted by Gasteiger charge is 2.17. The van der Waals surface area contributed by atoms with Crippen LogP contribution in [-0.2, 0) is 0 Å². The Kier molecular flexibility index (Phi) is 4.85. The number of ether oxygens (including phenoxy) is 1. The van der Waals surface area contributed by atoms with Gasteiger partial charge in [-0.2, -0.15) is 0 Å². The van der Waals surface area contributed by atoms with Gasteiger partial charge in [0.15, 0.2) is 11.6 Å². The van der Waals surface area contributed by atoms with Crippen LogP contribution in [0.2, 0.25) is 0 Å². The Bertz CT molecular complexity index is 1070. The topological polar surface area (TPSA) is 39.9 Å². The maximum atomic E-state index is 13.4. The molecule has 0 aliphatic rings. The summed E-state index contributed by atoms with van der Waals surface area (Å²) in [6, 6.07) is 19.6. The van der Waals surface area contributed by atoms with Crippen molar-refractivity contribution in [2.24, 2.45) is 0 Å². The predicted molar refractivity (Wildman–Crippen MR) is 103 cm³/mol. The third-order valence-corrected chi connectivity index (χ3v) is 4.27. The Morgan fingerprint density at radius 2 is 1.18 bits per heavy atom. The van der Waals surface area contributed by atoms with E-state index in [4.69, 9.17) is 4.74 Å². The highest BCUT2D eigenvalue weighted by atomic mass is 19.1. The third-order valence-electron chi connectivity index (χ3n) is 4.27. The molecule has 0 radical (unpaired) electrons. The van der Waals surface area contributed by atoms with Gasteiger partial charge in [0, 0.05) is 16.8 Å². The molecule has 140 valence electrons. The molecule has 4 rings (SSSR count). The summed E-state index contributed by atoms with van der Waals surface area (Å²) in [6.45, 7) is 2.51. The summed E-state index contributed by atoms with van der Waals surface area (Å²) in [5, 5.41) is 8.66. The van der Waals surface area contributed by atoms with E-state index in [1.165, 1.54) is 24.3 Å². The minimum absolute atomic E-state index is 0.330. The molecular weight excluding hydrogens is 360 g/mol. The van der Waals surface area contributed by atoms with Crippen molar-refractivity contribution < 1.29 is 13.5 Å². The van der Waals surface area contributed by atoms with Crippen molar-refractivity contribution in [1.82, 2.24) is 14.8 Å². The Morgan fingerprint density at radius 3 is 1.68 bits per heavy atom. The molecule has 0 saturated heterocycles. The Balaban J connectivity index is 1.86. The highest BCUT2D eigenvalue weighted by molar-refractivity contribution is 5.67. The van der Waals surface area contributed by atoms with E-state index in [1.54, 1.807) is 24.3 Å². The maximum Gasteiger partial charge on any atom is 0.168 e. The molecule has 0 amide bonds. The van der Waals surface area contributed by atoms with Crippen LogP contribution in [0.1, 0.15) is 6.92 Å². The van der Waals surface area contributed by atoms with Gasteiger partial charge in [0.1, 0.15) is 17.4 Å². The lowest BCUT2D eigenvalue weighted by Gasteiger charge is -2.11. The van der Waals surface area contributed by atoms with E-state index in [1.807, 2.05) is 35.8 Å². The van der Waals surface area contributed by atoms with E-state index >= 15 is 0 Å². The van der Waals surface area contributed by atoms with Gasteiger partial charge in [-0.25, -0.2) is 8.78 Å². The van der Waals surface area contributed by atoms with Crippen molar-refractivity contribution in [2.75, 3.05) is 6.61 Å². The molecule has 0 unspecified atom stereocenters. The van der Waals surface area contributed by atoms with Crippen LogP contribution in [0.25, 0.3) is 28.5 Å². The molecule has 1 heterocycles. The highest BCUT2D eigenvalue weighted by Crippen LogP contribution is 2.29. The van der Waals surface area contributed by atoms with E-state index < -0.39 is 0 Å². The van der Waals surface area contributed by atoms with Gasteiger partial charge < -0.3 is 4.74 Å². The van der Waals surface area contributed by atoms with Gasteiger partial charge in [0.05, 0.1) is 6.61 Å². The van der Waals surface area contributed by atoms with Crippen molar-refractivity contribution in [1.29, 1.82) is 0 Å². The number of nitrogens with zero attached hydrogens (tertiary/aromatic N) is 3. The van der Waals surface area contributed by atoms with Crippen molar-refractivity contribution in [3.8, 4) is 34.2 Å². The van der Waals surface area contributed by atoms with Crippen LogP contribution < -0.4 is 4.74 Å². The second kappa shape index (κ2) is 7.60. The van der Waals surface area contributed by atoms with E-state index in [0.717, 1.165) is 11.3 Å². The van der Waals surface area contributed by atoms with Crippen LogP contribution in [0.15, 0.2) is 72.8 Å². The van der Waals surface area contributed by atoms with Gasteiger partial charge in [-0.3, -0.25) is 4.57 Å². The van der Waals surface area contributed by atoms with Crippen molar-refractivity contribution in [2.45, 2.75) is 6.92 Å². The predicted octanol–water partition coefficient (Wildman–Crippen LogP) is 5.28. The first kappa shape index (κ1) is 17.9. The van der Waals surface area contributed by atoms with Gasteiger partial charge in [-0.1, -0.05) is 0 Å². The number of hydrogen-bond donors (Lipinski definition) is 0. The zero-order valence-electron chi connectivity index (χ0n) is 15.1. The van der Waals surface area contributed by atoms with Crippen LogP contribution in [0.3, 0.4) is 0 Å². The summed E-state index contributed by atoms with van der Waals surface area (Å²) in [4.78, 5) is 0. The van der Waals surface area contributed by atoms with Crippen molar-refractivity contribution >= 4 is 0 Å². The fourth-order valence-corrected chi connectivity index (χ4v) is 2.96. The first-order valence-electron chi connectivity index (χ1n) is 8.86. The summed E-state index contributed by atoms with van der Waals surface area (Å²) in [5.41, 5.74) is 2.23. The van der Waals surface area contributed by atoms with Crippen LogP contribution >= 0.6 is 0 Å². The molecular formula is C22H17F2N3O. The average molecular weight is 377 g/mol. The quantitative estimate of drug-likeness (QED) is 0.475. The van der Waals surface area contributed by atoms with Gasteiger partial charge >= 0.3 is 0 Å². The minimum Gasteiger partial charge on any atom is -0.494 e. The molecule has 0 spiro atoms. The molecule has 0 aliphatic carbocycles. The van der Waals surface area contributed by atoms with E-state index in [-0.39, 0.29) is 11.6 Å². The van der Waals surface area contributed by atoms with Crippen LogP contribution in [0, 0.1) is 11.6 Å². The zero-order valence-corrected chi connectivity index (χ0v) is 15.1. The fourth-order valence-electron chi connectivity index (χ4n) is 2.96. The van der Waals surface area contributed by atoms with Gasteiger partial charge in [-0.15, -0.1) is 10.2 Å². The lowest BCUT2D eigenvalue weighted by atomic mass is 10.1. The Labute approximate surface area is 161 Å². The van der Waals surface area contributed by atoms with Gasteiger partial charge in [0.2, 0.25) is 0 Å². The van der Waals surface area contributed by atoms with Crippen LogP contribution in [-0.4, -0.2) is 21.4 Å². The summed E-state index contributed by atoms with van der Waals surface area (Å²) in [7, 11) is 0. The first-order chi connectivity index (χ1) is 13.7. The lowest BCUT2D eigenvalue weighted by Crippen LogP contribution is -2.01. The largest absolute Gasteiger partial charge is 0.494 e. The van der Waals surface area contributed by atoms with Crippen molar-refractivity contribution in [3.05, 3.63) is 84.4 Å². The molecule has 4 aromatic rings. The molecule has 0 fully saturated rings. The molecule has 0 atom stereocenters. The van der Waals surface area contributed by atoms with Crippen LogP contribution in [0.5, 0.6) is 5.75 Å². The minimum atomic E-state index is -0.331. The zero-order chi connectivity index (χ0) is 19.5. The smallest absolute Gasteiger partial charge is 0.168 e. The standard InChI is InChI=1S/C22H17F2N3O/c1-2-28-20-13-5-16(6-14-20)22-26-25-21(15-3-7-17(23)8-4-15)27(22)19-11-9-18(24)10-12-19/h3-14H,2H2,1H3. The second-order valence-corrected chi connectivity index (χ2v) is 6.12. The average Bonchev–Trinajstić information content (AvgIpc) is 3.15. The molecule has 0 N–H and O–H groups in total. The molecule has 6 heteroatoms. The first-order valence-corrected chi connectivity index (χ1v) is 8.86. The van der Waals surface area contributed by atoms with Gasteiger partial charge in [0.25, 0.3) is 0 Å². The molecule has 0 aliphatic heterocycles. The van der Waals surface area contributed by atoms with E-state index in [0.29, 0.717) is 29.5 Å². The molecule has 28 heavy (non-hydrogen) atoms. The fraction of sp³-hybridized carbons (Fsp3) is 0.0909. The Morgan fingerprint density at radius 1 is 0.714 bits per heavy atom. The molecule has 0 bridgehead atoms. The van der Waals surface area contributed by atoms with Gasteiger partial charge in [-0.05, 0) is 79.7 Å². The molecule has 1 aromatic heterocycles. The molecule has 4 nitrogen and oxygen atoms in total. The SMILES string of the molecule is CCOc1ccc(-c2nnc(-c3ccc(F)cc3)n2-c2ccc(F)cc2)cc1. The number of halogens is 2. The number of rotatable bonds is 5. The lowest BCUT2D eigenvalue weighted by molar-refractivity contribution is 0.340. The monoisotopic (exact) mass is 377 g/mol. The third kappa shape index (κ3) is 3.49. The summed E-state index contributed by atoms with van der Waals surface area (Å²) in [5.74, 6) is 1.23. The summed E-state index contributed by atoms with van der Waals surface area (Å²) >= 11 is 0. The maximum absolute atomic E-state index is 13.4. The molecule has 3 aromatic carbocycles. The van der Waals surface area contributed by atoms with E-state index in [2.05, 4.69) is 10.2 Å². The number of aromatic nitrogens is 3. The number of benzene rings is 3. The molecule has 0 saturated carbocycles. The number of hydrogen-bond acceptors (Lipinski definition) is 3. The second-order valence-electron chi connectivity index (χ2n) is 6.12. The normalized spacial score (nSPS) is 10.8. The van der Waals surface area contributed by atoms with Crippen molar-refractivity contribution in [3.63, 3.8) is 0 Å². The summed E-state index contributed by atoms with van der Waals surface area (Å²) < 4.78 is 34.1. The Hall–Kier alpha value is -3.54. The summed E-state index contributed by atoms with van der Waals surface area (Å²) in [6.07, 6.45) is 0. The van der Waals surface area contributed by atoms with Crippen LogP contribution in [0.4, 0.5) is 8.78 Å². The van der Waals surface area contributed by atoms with E-state index in [9.17, 15) is 8.78 Å².